The van der Waals surface area contributed by atoms with Crippen LogP contribution in [0.5, 0.6) is 0 Å². The van der Waals surface area contributed by atoms with Crippen LogP contribution >= 0.6 is 0 Å². The molecule has 3 nitrogen and oxygen atoms in total. The molecule has 1 aromatic heterocycles. The minimum Gasteiger partial charge on any atom is -0.512 e. The molecule has 1 fully saturated rings. The van der Waals surface area contributed by atoms with Gasteiger partial charge in [0, 0.05) is 25.7 Å². The minimum absolute atomic E-state index is 0. The van der Waals surface area contributed by atoms with Crippen LogP contribution in [0.15, 0.2) is 96.3 Å². The van der Waals surface area contributed by atoms with E-state index >= 15 is 0 Å². The molecule has 0 spiro atoms. The molecular formula is C32H32IrNO2-. The van der Waals surface area contributed by atoms with Crippen LogP contribution in [0, 0.1) is 12.0 Å². The van der Waals surface area contributed by atoms with Crippen molar-refractivity contribution < 1.29 is 30.0 Å². The minimum atomic E-state index is 0. The number of Topliss-reactive ketones (excluding diaryl/α,β-unsaturated/α-hetero) is 1. The van der Waals surface area contributed by atoms with Crippen LogP contribution in [0.4, 0.5) is 0 Å². The Balaban J connectivity index is 0.000000223. The van der Waals surface area contributed by atoms with E-state index in [-0.39, 0.29) is 31.6 Å². The summed E-state index contributed by atoms with van der Waals surface area (Å²) < 4.78 is 0. The van der Waals surface area contributed by atoms with Crippen LogP contribution in [0.2, 0.25) is 0 Å². The van der Waals surface area contributed by atoms with Crippen molar-refractivity contribution in [3.63, 3.8) is 0 Å². The summed E-state index contributed by atoms with van der Waals surface area (Å²) in [6.45, 7) is 3.16. The van der Waals surface area contributed by atoms with Crippen LogP contribution in [0.3, 0.4) is 0 Å². The van der Waals surface area contributed by atoms with Gasteiger partial charge in [-0.3, -0.25) is 9.78 Å². The number of para-hydroxylation sites is 1. The van der Waals surface area contributed by atoms with Gasteiger partial charge >= 0.3 is 0 Å². The Kier molecular flexibility index (Phi) is 10.2. The van der Waals surface area contributed by atoms with Gasteiger partial charge in [0.2, 0.25) is 0 Å². The fourth-order valence-corrected chi connectivity index (χ4v) is 4.87. The number of pyridine rings is 1. The number of benzene rings is 3. The Labute approximate surface area is 227 Å². The van der Waals surface area contributed by atoms with E-state index in [1.54, 1.807) is 13.8 Å². The average molecular weight is 655 g/mol. The number of aliphatic hydroxyl groups is 1. The van der Waals surface area contributed by atoms with E-state index < -0.39 is 0 Å². The third-order valence-electron chi connectivity index (χ3n) is 6.57. The number of fused-ring (bicyclic) bond motifs is 1. The molecule has 3 aromatic carbocycles. The SMILES string of the molecule is CC(=O)/C(=C(/C)O)C1CCCCC1.[Ir].[c-]1ccc(-c2ccccc2)cc1-c1ccc2ccccc2n1. The molecule has 0 aliphatic heterocycles. The van der Waals surface area contributed by atoms with Gasteiger partial charge in [0.05, 0.1) is 11.3 Å². The van der Waals surface area contributed by atoms with Crippen molar-refractivity contribution >= 4 is 16.7 Å². The molecule has 187 valence electrons. The number of allylic oxidation sites excluding steroid dienone is 2. The molecule has 0 amide bonds. The first kappa shape index (κ1) is 27.5. The quantitative estimate of drug-likeness (QED) is 0.137. The molecular weight excluding hydrogens is 623 g/mol. The molecule has 5 rings (SSSR count). The average Bonchev–Trinajstić information content (AvgIpc) is 2.90. The second-order valence-corrected chi connectivity index (χ2v) is 9.14. The summed E-state index contributed by atoms with van der Waals surface area (Å²) in [6, 6.07) is 32.2. The van der Waals surface area contributed by atoms with E-state index in [0.717, 1.165) is 35.0 Å². The Morgan fingerprint density at radius 3 is 2.25 bits per heavy atom. The fraction of sp³-hybridized carbons (Fsp3) is 0.250. The predicted molar refractivity (Wildman–Crippen MR) is 144 cm³/mol. The number of hydrogen-bond donors (Lipinski definition) is 1. The summed E-state index contributed by atoms with van der Waals surface area (Å²) in [5, 5.41) is 10.6. The van der Waals surface area contributed by atoms with Gasteiger partial charge in [-0.15, -0.1) is 35.4 Å². The van der Waals surface area contributed by atoms with Crippen molar-refractivity contribution in [2.45, 2.75) is 46.0 Å². The number of nitrogens with zero attached hydrogens (tertiary/aromatic N) is 1. The molecule has 1 heterocycles. The zero-order valence-electron chi connectivity index (χ0n) is 20.8. The summed E-state index contributed by atoms with van der Waals surface area (Å²) in [7, 11) is 0. The molecule has 4 aromatic rings. The van der Waals surface area contributed by atoms with Crippen LogP contribution < -0.4 is 0 Å². The van der Waals surface area contributed by atoms with Crippen molar-refractivity contribution in [3.05, 3.63) is 102 Å². The van der Waals surface area contributed by atoms with Crippen molar-refractivity contribution in [2.75, 3.05) is 0 Å². The van der Waals surface area contributed by atoms with Gasteiger partial charge in [0.15, 0.2) is 5.78 Å². The van der Waals surface area contributed by atoms with Gasteiger partial charge in [0.1, 0.15) is 0 Å². The molecule has 1 saturated carbocycles. The number of rotatable bonds is 4. The van der Waals surface area contributed by atoms with E-state index in [9.17, 15) is 9.90 Å². The van der Waals surface area contributed by atoms with Gasteiger partial charge in [0.25, 0.3) is 0 Å². The number of aromatic nitrogens is 1. The molecule has 0 atom stereocenters. The summed E-state index contributed by atoms with van der Waals surface area (Å²) in [4.78, 5) is 16.0. The number of ketones is 1. The molecule has 1 aliphatic carbocycles. The Morgan fingerprint density at radius 2 is 1.56 bits per heavy atom. The first-order valence-electron chi connectivity index (χ1n) is 12.4. The van der Waals surface area contributed by atoms with Crippen LogP contribution in [-0.4, -0.2) is 15.9 Å². The molecule has 4 heteroatoms. The zero-order valence-corrected chi connectivity index (χ0v) is 23.2. The van der Waals surface area contributed by atoms with Gasteiger partial charge in [-0.25, -0.2) is 0 Å². The monoisotopic (exact) mass is 655 g/mol. The van der Waals surface area contributed by atoms with E-state index in [1.165, 1.54) is 30.4 Å². The van der Waals surface area contributed by atoms with Crippen molar-refractivity contribution in [1.29, 1.82) is 0 Å². The Hall–Kier alpha value is -3.07. The maximum Gasteiger partial charge on any atom is 0.159 e. The zero-order chi connectivity index (χ0) is 24.6. The number of aliphatic hydroxyl groups excluding tert-OH is 1. The van der Waals surface area contributed by atoms with Gasteiger partial charge in [-0.05, 0) is 55.3 Å². The maximum atomic E-state index is 11.3. The third-order valence-corrected chi connectivity index (χ3v) is 6.57. The second kappa shape index (κ2) is 13.3. The molecule has 0 saturated heterocycles. The predicted octanol–water partition coefficient (Wildman–Crippen LogP) is 8.35. The summed E-state index contributed by atoms with van der Waals surface area (Å²) in [5.74, 6) is 0.572. The van der Waals surface area contributed by atoms with Gasteiger partial charge in [-0.1, -0.05) is 79.9 Å². The molecule has 36 heavy (non-hydrogen) atoms. The van der Waals surface area contributed by atoms with E-state index in [4.69, 9.17) is 4.98 Å². The van der Waals surface area contributed by atoms with E-state index in [0.29, 0.717) is 11.5 Å². The number of carbonyl (C=O) groups excluding carboxylic acids is 1. The first-order valence-corrected chi connectivity index (χ1v) is 12.4. The normalized spacial score (nSPS) is 14.2. The standard InChI is InChI=1S/C21H14N.C11H18O2.Ir/c1-2-7-16(8-3-1)18-10-6-11-19(15-18)21-14-13-17-9-4-5-12-20(17)22-21;1-8(12)11(9(2)13)10-6-4-3-5-7-10;/h1-10,12-15H;10,12H,3-7H2,1-2H3;/q-1;;/b;11-8+;. The summed E-state index contributed by atoms with van der Waals surface area (Å²) in [5.41, 5.74) is 6.05. The molecule has 1 N–H and O–H groups in total. The largest absolute Gasteiger partial charge is 0.512 e. The molecule has 1 radical (unpaired) electrons. The summed E-state index contributed by atoms with van der Waals surface area (Å²) >= 11 is 0. The van der Waals surface area contributed by atoms with Crippen molar-refractivity contribution in [3.8, 4) is 22.4 Å². The van der Waals surface area contributed by atoms with Crippen LogP contribution in [0.25, 0.3) is 33.3 Å². The Morgan fingerprint density at radius 1 is 0.861 bits per heavy atom. The smallest absolute Gasteiger partial charge is 0.159 e. The molecule has 0 unspecified atom stereocenters. The van der Waals surface area contributed by atoms with Crippen molar-refractivity contribution in [1.82, 2.24) is 4.98 Å². The van der Waals surface area contributed by atoms with Gasteiger partial charge in [-0.2, -0.15) is 0 Å². The first-order chi connectivity index (χ1) is 17.0. The fourth-order valence-electron chi connectivity index (χ4n) is 4.87. The van der Waals surface area contributed by atoms with Crippen molar-refractivity contribution in [2.24, 2.45) is 5.92 Å². The number of carbonyl (C=O) groups is 1. The topological polar surface area (TPSA) is 50.2 Å². The maximum absolute atomic E-state index is 11.3. The molecule has 1 aliphatic rings. The van der Waals surface area contributed by atoms with Gasteiger partial charge < -0.3 is 5.11 Å². The molecule has 0 bridgehead atoms. The Bertz CT molecular complexity index is 1320. The van der Waals surface area contributed by atoms with E-state index in [2.05, 4.69) is 60.7 Å². The number of hydrogen-bond acceptors (Lipinski definition) is 3. The third kappa shape index (κ3) is 7.00. The van der Waals surface area contributed by atoms with Crippen LogP contribution in [-0.2, 0) is 24.9 Å². The summed E-state index contributed by atoms with van der Waals surface area (Å²) in [6.07, 6.45) is 5.77. The van der Waals surface area contributed by atoms with E-state index in [1.807, 2.05) is 30.3 Å². The van der Waals surface area contributed by atoms with Crippen LogP contribution in [0.1, 0.15) is 46.0 Å². The second-order valence-electron chi connectivity index (χ2n) is 9.14.